The molecule has 0 unspecified atom stereocenters. The summed E-state index contributed by atoms with van der Waals surface area (Å²) in [6.07, 6.45) is -5.01. The SMILES string of the molecule is N/C(=N/O)c1ccc(-c2ccc(CNC(=O)c3cc(=O)n(Cc4ccccc4)c(=O)[nH]3)c(OC(F)(F)F)c2)cc1. The zero-order valence-electron chi connectivity index (χ0n) is 20.6. The standard InChI is InChI=1S/C27H22F3N5O5/c28-27(29,30)40-22-12-19(17-6-8-18(9-7-17)24(31)34-39)10-11-20(22)14-32-25(37)21-13-23(36)35(26(38)33-21)15-16-4-2-1-3-5-16/h1-13,39H,14-15H2,(H2,31,34)(H,32,37)(H,33,38). The van der Waals surface area contributed by atoms with Gasteiger partial charge in [0.05, 0.1) is 6.54 Å². The number of oxime groups is 1. The van der Waals surface area contributed by atoms with Crippen LogP contribution < -0.4 is 27.0 Å². The summed E-state index contributed by atoms with van der Waals surface area (Å²) in [4.78, 5) is 39.9. The highest BCUT2D eigenvalue weighted by atomic mass is 19.4. The van der Waals surface area contributed by atoms with E-state index < -0.39 is 35.8 Å². The molecule has 0 saturated carbocycles. The zero-order valence-corrected chi connectivity index (χ0v) is 20.6. The summed E-state index contributed by atoms with van der Waals surface area (Å²) in [5.74, 6) is -1.56. The quantitative estimate of drug-likeness (QED) is 0.114. The Balaban J connectivity index is 1.54. The fraction of sp³-hybridized carbons (Fsp3) is 0.111. The third-order valence-electron chi connectivity index (χ3n) is 5.80. The summed E-state index contributed by atoms with van der Waals surface area (Å²) < 4.78 is 44.5. The van der Waals surface area contributed by atoms with E-state index in [1.54, 1.807) is 42.5 Å². The van der Waals surface area contributed by atoms with Gasteiger partial charge in [-0.05, 0) is 22.8 Å². The predicted molar refractivity (Wildman–Crippen MR) is 139 cm³/mol. The highest BCUT2D eigenvalue weighted by Crippen LogP contribution is 2.31. The Bertz CT molecular complexity index is 1630. The number of hydrogen-bond acceptors (Lipinski definition) is 6. The highest BCUT2D eigenvalue weighted by Gasteiger charge is 2.32. The number of nitrogens with zero attached hydrogens (tertiary/aromatic N) is 2. The van der Waals surface area contributed by atoms with E-state index in [4.69, 9.17) is 10.9 Å². The van der Waals surface area contributed by atoms with Crippen molar-refractivity contribution in [2.75, 3.05) is 0 Å². The van der Waals surface area contributed by atoms with Crippen molar-refractivity contribution < 1.29 is 27.9 Å². The largest absolute Gasteiger partial charge is 0.573 e. The van der Waals surface area contributed by atoms with Gasteiger partial charge < -0.3 is 26.0 Å². The number of hydrogen-bond donors (Lipinski definition) is 4. The Morgan fingerprint density at radius 2 is 1.68 bits per heavy atom. The summed E-state index contributed by atoms with van der Waals surface area (Å²) in [5.41, 5.74) is 5.63. The van der Waals surface area contributed by atoms with Crippen molar-refractivity contribution in [3.05, 3.63) is 122 Å². The fourth-order valence-electron chi connectivity index (χ4n) is 3.82. The highest BCUT2D eigenvalue weighted by molar-refractivity contribution is 5.97. The lowest BCUT2D eigenvalue weighted by atomic mass is 10.0. The van der Waals surface area contributed by atoms with E-state index in [1.807, 2.05) is 0 Å². The number of rotatable bonds is 8. The first-order valence-electron chi connectivity index (χ1n) is 11.7. The number of amides is 1. The van der Waals surface area contributed by atoms with Crippen LogP contribution >= 0.6 is 0 Å². The van der Waals surface area contributed by atoms with E-state index in [-0.39, 0.29) is 23.6 Å². The topological polar surface area (TPSA) is 152 Å². The minimum Gasteiger partial charge on any atom is -0.409 e. The molecule has 0 radical (unpaired) electrons. The van der Waals surface area contributed by atoms with Crippen LogP contribution in [0.1, 0.15) is 27.2 Å². The monoisotopic (exact) mass is 553 g/mol. The van der Waals surface area contributed by atoms with Gasteiger partial charge in [0.1, 0.15) is 11.4 Å². The molecule has 0 saturated heterocycles. The number of ether oxygens (including phenoxy) is 1. The van der Waals surface area contributed by atoms with Gasteiger partial charge in [-0.15, -0.1) is 13.2 Å². The summed E-state index contributed by atoms with van der Waals surface area (Å²) in [6, 6.07) is 19.9. The third kappa shape index (κ3) is 6.75. The molecule has 0 fully saturated rings. The van der Waals surface area contributed by atoms with Gasteiger partial charge in [0.25, 0.3) is 11.5 Å². The minimum atomic E-state index is -5.01. The summed E-state index contributed by atoms with van der Waals surface area (Å²) in [7, 11) is 0. The molecule has 0 bridgehead atoms. The number of aromatic nitrogens is 2. The van der Waals surface area contributed by atoms with E-state index in [1.165, 1.54) is 24.3 Å². The smallest absolute Gasteiger partial charge is 0.409 e. The summed E-state index contributed by atoms with van der Waals surface area (Å²) in [6.45, 7) is -0.408. The molecular formula is C27H22F3N5O5. The third-order valence-corrected chi connectivity index (χ3v) is 5.80. The van der Waals surface area contributed by atoms with Gasteiger partial charge in [-0.2, -0.15) is 0 Å². The van der Waals surface area contributed by atoms with Crippen molar-refractivity contribution in [2.45, 2.75) is 19.5 Å². The van der Waals surface area contributed by atoms with Gasteiger partial charge in [-0.1, -0.05) is 71.9 Å². The van der Waals surface area contributed by atoms with E-state index in [9.17, 15) is 27.6 Å². The number of H-pyrrole nitrogens is 1. The second-order valence-corrected chi connectivity index (χ2v) is 8.51. The molecule has 4 aromatic rings. The molecule has 206 valence electrons. The Kier molecular flexibility index (Phi) is 8.03. The molecule has 0 aliphatic carbocycles. The van der Waals surface area contributed by atoms with Crippen LogP contribution in [0.2, 0.25) is 0 Å². The minimum absolute atomic E-state index is 0.00741. The molecule has 0 atom stereocenters. The van der Waals surface area contributed by atoms with Crippen LogP contribution in [-0.4, -0.2) is 32.9 Å². The lowest BCUT2D eigenvalue weighted by Crippen LogP contribution is -2.38. The number of benzene rings is 3. The molecule has 5 N–H and O–H groups in total. The van der Waals surface area contributed by atoms with Crippen LogP contribution in [0.3, 0.4) is 0 Å². The number of aromatic amines is 1. The van der Waals surface area contributed by atoms with Crippen molar-refractivity contribution in [3.63, 3.8) is 0 Å². The fourth-order valence-corrected chi connectivity index (χ4v) is 3.82. The normalized spacial score (nSPS) is 11.7. The van der Waals surface area contributed by atoms with E-state index >= 15 is 0 Å². The Morgan fingerprint density at radius 3 is 2.30 bits per heavy atom. The second-order valence-electron chi connectivity index (χ2n) is 8.51. The zero-order chi connectivity index (χ0) is 28.9. The van der Waals surface area contributed by atoms with Crippen molar-refractivity contribution in [3.8, 4) is 16.9 Å². The summed E-state index contributed by atoms with van der Waals surface area (Å²) >= 11 is 0. The van der Waals surface area contributed by atoms with E-state index in [2.05, 4.69) is 20.2 Å². The molecule has 1 aromatic heterocycles. The average Bonchev–Trinajstić information content (AvgIpc) is 2.93. The first-order valence-corrected chi connectivity index (χ1v) is 11.7. The van der Waals surface area contributed by atoms with Crippen LogP contribution in [0.25, 0.3) is 11.1 Å². The van der Waals surface area contributed by atoms with Crippen molar-refractivity contribution >= 4 is 11.7 Å². The molecule has 3 aromatic carbocycles. The number of halogens is 3. The van der Waals surface area contributed by atoms with E-state index in [0.717, 1.165) is 16.7 Å². The van der Waals surface area contributed by atoms with Crippen LogP contribution in [-0.2, 0) is 13.1 Å². The second kappa shape index (κ2) is 11.6. The number of carbonyl (C=O) groups excluding carboxylic acids is 1. The molecule has 1 heterocycles. The average molecular weight is 553 g/mol. The van der Waals surface area contributed by atoms with Gasteiger partial charge >= 0.3 is 12.1 Å². The van der Waals surface area contributed by atoms with Crippen molar-refractivity contribution in [1.82, 2.24) is 14.9 Å². The molecular weight excluding hydrogens is 531 g/mol. The van der Waals surface area contributed by atoms with Gasteiger partial charge in [0, 0.05) is 23.7 Å². The Morgan fingerprint density at radius 1 is 1.00 bits per heavy atom. The number of nitrogens with one attached hydrogen (secondary N) is 2. The molecule has 1 amide bonds. The maximum atomic E-state index is 13.1. The molecule has 0 aliphatic heterocycles. The van der Waals surface area contributed by atoms with Crippen LogP contribution in [0, 0.1) is 0 Å². The molecule has 13 heteroatoms. The first kappa shape index (κ1) is 27.7. The summed E-state index contributed by atoms with van der Waals surface area (Å²) in [5, 5.41) is 14.1. The Hall–Kier alpha value is -5.33. The van der Waals surface area contributed by atoms with Crippen molar-refractivity contribution in [1.29, 1.82) is 0 Å². The van der Waals surface area contributed by atoms with E-state index in [0.29, 0.717) is 22.3 Å². The maximum absolute atomic E-state index is 13.1. The van der Waals surface area contributed by atoms with Crippen LogP contribution in [0.15, 0.2) is 93.6 Å². The molecule has 40 heavy (non-hydrogen) atoms. The van der Waals surface area contributed by atoms with Gasteiger partial charge in [0.2, 0.25) is 0 Å². The van der Waals surface area contributed by atoms with Crippen LogP contribution in [0.4, 0.5) is 13.2 Å². The van der Waals surface area contributed by atoms with Crippen molar-refractivity contribution in [2.24, 2.45) is 10.9 Å². The number of alkyl halides is 3. The van der Waals surface area contributed by atoms with Gasteiger partial charge in [-0.3, -0.25) is 14.2 Å². The number of nitrogens with two attached hydrogens (primary N) is 1. The van der Waals surface area contributed by atoms with Gasteiger partial charge in [0.15, 0.2) is 5.84 Å². The lowest BCUT2D eigenvalue weighted by Gasteiger charge is -2.16. The molecule has 4 rings (SSSR count). The molecule has 0 aliphatic rings. The Labute approximate surface area is 224 Å². The van der Waals surface area contributed by atoms with Crippen LogP contribution in [0.5, 0.6) is 5.75 Å². The van der Waals surface area contributed by atoms with Gasteiger partial charge in [-0.25, -0.2) is 4.79 Å². The molecule has 10 nitrogen and oxygen atoms in total. The first-order chi connectivity index (χ1) is 19.0. The number of carbonyl (C=O) groups is 1. The maximum Gasteiger partial charge on any atom is 0.573 e. The molecule has 0 spiro atoms. The lowest BCUT2D eigenvalue weighted by molar-refractivity contribution is -0.274. The predicted octanol–water partition coefficient (Wildman–Crippen LogP) is 3.18. The number of amidine groups is 1.